The highest BCUT2D eigenvalue weighted by atomic mass is 16.5. The third kappa shape index (κ3) is 6.45. The maximum atomic E-state index is 13.1. The van der Waals surface area contributed by atoms with Gasteiger partial charge in [0.15, 0.2) is 5.65 Å². The Hall–Kier alpha value is -4.28. The lowest BCUT2D eigenvalue weighted by molar-refractivity contribution is -0.127. The Morgan fingerprint density at radius 1 is 1.02 bits per heavy atom. The maximum Gasteiger partial charge on any atom is 0.246 e. The predicted molar refractivity (Wildman–Crippen MR) is 162 cm³/mol. The molecule has 4 heterocycles. The van der Waals surface area contributed by atoms with Crippen molar-refractivity contribution in [1.29, 1.82) is 0 Å². The molecule has 10 nitrogen and oxygen atoms in total. The molecule has 2 aromatic carbocycles. The molecular formula is C32H37N7O3. The van der Waals surface area contributed by atoms with Crippen LogP contribution in [0.5, 0.6) is 11.5 Å². The molecule has 2 fully saturated rings. The van der Waals surface area contributed by atoms with E-state index in [0.29, 0.717) is 18.0 Å². The smallest absolute Gasteiger partial charge is 0.246 e. The first kappa shape index (κ1) is 27.9. The van der Waals surface area contributed by atoms with Crippen LogP contribution in [-0.2, 0) is 9.53 Å². The third-order valence-electron chi connectivity index (χ3n) is 7.89. The Labute approximate surface area is 245 Å². The average molecular weight is 568 g/mol. The van der Waals surface area contributed by atoms with Gasteiger partial charge in [0, 0.05) is 31.7 Å². The van der Waals surface area contributed by atoms with Gasteiger partial charge in [0.2, 0.25) is 5.91 Å². The summed E-state index contributed by atoms with van der Waals surface area (Å²) in [6.45, 7) is 5.95. The fourth-order valence-corrected chi connectivity index (χ4v) is 5.66. The molecule has 4 aromatic rings. The Morgan fingerprint density at radius 3 is 2.62 bits per heavy atom. The number of allylic oxidation sites excluding steroid dienone is 1. The average Bonchev–Trinajstić information content (AvgIpc) is 3.43. The van der Waals surface area contributed by atoms with E-state index in [9.17, 15) is 4.79 Å². The van der Waals surface area contributed by atoms with Crippen molar-refractivity contribution < 1.29 is 14.3 Å². The summed E-state index contributed by atoms with van der Waals surface area (Å²) in [5.41, 5.74) is 8.65. The number of hydrogen-bond acceptors (Lipinski definition) is 8. The quantitative estimate of drug-likeness (QED) is 0.229. The van der Waals surface area contributed by atoms with Gasteiger partial charge >= 0.3 is 0 Å². The molecule has 0 unspecified atom stereocenters. The summed E-state index contributed by atoms with van der Waals surface area (Å²) in [6, 6.07) is 17.4. The highest BCUT2D eigenvalue weighted by molar-refractivity contribution is 5.98. The minimum Gasteiger partial charge on any atom is -0.457 e. The lowest BCUT2D eigenvalue weighted by Crippen LogP contribution is -2.40. The standard InChI is InChI=1S/C32H37N7O3/c33-31-29-30(24-12-14-27(15-13-24)42-26-9-3-1-4-10-26)36-39(32(29)35-23-34-31)25-8-7-17-38(22-25)28(40)11-5-2-6-16-37-18-20-41-21-19-37/h1,3-5,9-15,23,25H,2,6-8,16-22H2,(H2,33,34,35)/b11-5+/t25-/m1/s1. The zero-order chi connectivity index (χ0) is 28.7. The van der Waals surface area contributed by atoms with Crippen LogP contribution in [0.25, 0.3) is 22.3 Å². The van der Waals surface area contributed by atoms with E-state index in [1.165, 1.54) is 6.33 Å². The summed E-state index contributed by atoms with van der Waals surface area (Å²) in [5.74, 6) is 1.94. The molecule has 218 valence electrons. The Bertz CT molecular complexity index is 1510. The normalized spacial score (nSPS) is 18.1. The summed E-state index contributed by atoms with van der Waals surface area (Å²) in [7, 11) is 0. The number of aromatic nitrogens is 4. The minimum atomic E-state index is -0.0105. The van der Waals surface area contributed by atoms with E-state index >= 15 is 0 Å². The van der Waals surface area contributed by atoms with Gasteiger partial charge in [-0.2, -0.15) is 5.10 Å². The molecule has 2 saturated heterocycles. The number of hydrogen-bond donors (Lipinski definition) is 1. The summed E-state index contributed by atoms with van der Waals surface area (Å²) < 4.78 is 13.3. The van der Waals surface area contributed by atoms with E-state index in [2.05, 4.69) is 14.9 Å². The van der Waals surface area contributed by atoms with Crippen molar-refractivity contribution in [3.8, 4) is 22.8 Å². The first-order valence-corrected chi connectivity index (χ1v) is 14.7. The largest absolute Gasteiger partial charge is 0.457 e. The monoisotopic (exact) mass is 567 g/mol. The Kier molecular flexibility index (Phi) is 8.72. The van der Waals surface area contributed by atoms with Crippen molar-refractivity contribution in [2.75, 3.05) is 51.7 Å². The zero-order valence-corrected chi connectivity index (χ0v) is 23.8. The fraction of sp³-hybridized carbons (Fsp3) is 0.375. The second kappa shape index (κ2) is 13.1. The molecule has 0 radical (unpaired) electrons. The lowest BCUT2D eigenvalue weighted by atomic mass is 10.1. The number of morpholine rings is 1. The van der Waals surface area contributed by atoms with Crippen molar-refractivity contribution in [3.05, 3.63) is 73.1 Å². The van der Waals surface area contributed by atoms with Crippen LogP contribution in [0.1, 0.15) is 31.7 Å². The molecule has 2 aromatic heterocycles. The molecule has 42 heavy (non-hydrogen) atoms. The lowest BCUT2D eigenvalue weighted by Gasteiger charge is -2.32. The Balaban J connectivity index is 1.15. The number of carbonyl (C=O) groups is 1. The summed E-state index contributed by atoms with van der Waals surface area (Å²) >= 11 is 0. The summed E-state index contributed by atoms with van der Waals surface area (Å²) in [4.78, 5) is 26.2. The molecule has 6 rings (SSSR count). The van der Waals surface area contributed by atoms with Gasteiger partial charge in [0.05, 0.1) is 24.6 Å². The van der Waals surface area contributed by atoms with Crippen LogP contribution in [0.3, 0.4) is 0 Å². The molecule has 1 atom stereocenters. The number of nitrogens with two attached hydrogens (primary N) is 1. The van der Waals surface area contributed by atoms with E-state index in [-0.39, 0.29) is 11.9 Å². The van der Waals surface area contributed by atoms with Gasteiger partial charge in [-0.3, -0.25) is 9.69 Å². The van der Waals surface area contributed by atoms with Crippen molar-refractivity contribution in [2.24, 2.45) is 0 Å². The number of carbonyl (C=O) groups excluding carboxylic acids is 1. The fourth-order valence-electron chi connectivity index (χ4n) is 5.66. The van der Waals surface area contributed by atoms with Crippen molar-refractivity contribution in [1.82, 2.24) is 29.5 Å². The van der Waals surface area contributed by atoms with Crippen LogP contribution >= 0.6 is 0 Å². The molecule has 2 N–H and O–H groups in total. The number of para-hydroxylation sites is 1. The van der Waals surface area contributed by atoms with E-state index in [1.54, 1.807) is 6.08 Å². The number of nitrogens with zero attached hydrogens (tertiary/aromatic N) is 6. The first-order valence-electron chi connectivity index (χ1n) is 14.7. The molecule has 0 saturated carbocycles. The van der Waals surface area contributed by atoms with Gasteiger partial charge < -0.3 is 20.1 Å². The third-order valence-corrected chi connectivity index (χ3v) is 7.89. The molecule has 10 heteroatoms. The molecule has 0 spiro atoms. The number of fused-ring (bicyclic) bond motifs is 1. The van der Waals surface area contributed by atoms with Crippen molar-refractivity contribution in [2.45, 2.75) is 31.7 Å². The van der Waals surface area contributed by atoms with E-state index in [0.717, 1.165) is 93.2 Å². The van der Waals surface area contributed by atoms with E-state index in [4.69, 9.17) is 20.3 Å². The molecule has 2 aliphatic rings. The SMILES string of the molecule is Nc1ncnc2c1c(-c1ccc(Oc3ccccc3)cc1)nn2[C@@H]1CCCN(C(=O)/C=C/CCCN2CCOCC2)C1. The number of unbranched alkanes of at least 4 members (excludes halogenated alkanes) is 1. The maximum absolute atomic E-state index is 13.1. The second-order valence-corrected chi connectivity index (χ2v) is 10.8. The number of nitrogen functional groups attached to an aromatic ring is 1. The van der Waals surface area contributed by atoms with Crippen molar-refractivity contribution >= 4 is 22.8 Å². The number of likely N-dealkylation sites (tertiary alicyclic amines) is 1. The number of ether oxygens (including phenoxy) is 2. The van der Waals surface area contributed by atoms with Gasteiger partial charge in [0.25, 0.3) is 0 Å². The molecule has 0 bridgehead atoms. The molecular weight excluding hydrogens is 530 g/mol. The van der Waals surface area contributed by atoms with E-state index in [1.807, 2.05) is 70.3 Å². The first-order chi connectivity index (χ1) is 20.7. The van der Waals surface area contributed by atoms with Gasteiger partial charge in [-0.1, -0.05) is 24.3 Å². The zero-order valence-electron chi connectivity index (χ0n) is 23.8. The minimum absolute atomic E-state index is 0.0105. The van der Waals surface area contributed by atoms with Crippen LogP contribution in [0, 0.1) is 0 Å². The number of anilines is 1. The van der Waals surface area contributed by atoms with Gasteiger partial charge in [-0.15, -0.1) is 0 Å². The van der Waals surface area contributed by atoms with Crippen LogP contribution in [0.2, 0.25) is 0 Å². The number of benzene rings is 2. The molecule has 1 amide bonds. The van der Waals surface area contributed by atoms with Crippen molar-refractivity contribution in [3.63, 3.8) is 0 Å². The molecule has 0 aliphatic carbocycles. The van der Waals surface area contributed by atoms with Crippen LogP contribution in [-0.4, -0.2) is 81.4 Å². The number of rotatable bonds is 9. The van der Waals surface area contributed by atoms with Gasteiger partial charge in [-0.05, 0) is 74.7 Å². The number of piperidine rings is 1. The van der Waals surface area contributed by atoms with Gasteiger partial charge in [0.1, 0.15) is 29.3 Å². The van der Waals surface area contributed by atoms with E-state index < -0.39 is 0 Å². The van der Waals surface area contributed by atoms with Crippen LogP contribution in [0.4, 0.5) is 5.82 Å². The second-order valence-electron chi connectivity index (χ2n) is 10.8. The Morgan fingerprint density at radius 2 is 1.81 bits per heavy atom. The summed E-state index contributed by atoms with van der Waals surface area (Å²) in [5, 5.41) is 5.73. The summed E-state index contributed by atoms with van der Waals surface area (Å²) in [6.07, 6.45) is 8.93. The highest BCUT2D eigenvalue weighted by Crippen LogP contribution is 2.35. The molecule has 2 aliphatic heterocycles. The van der Waals surface area contributed by atoms with Gasteiger partial charge in [-0.25, -0.2) is 14.6 Å². The van der Waals surface area contributed by atoms with Crippen LogP contribution < -0.4 is 10.5 Å². The highest BCUT2D eigenvalue weighted by Gasteiger charge is 2.28. The van der Waals surface area contributed by atoms with Crippen LogP contribution in [0.15, 0.2) is 73.1 Å². The number of amides is 1. The topological polar surface area (TPSA) is 112 Å². The predicted octanol–water partition coefficient (Wildman–Crippen LogP) is 4.70.